The molecule has 6 heteroatoms. The molecule has 1 unspecified atom stereocenters. The van der Waals surface area contributed by atoms with Crippen LogP contribution in [0.3, 0.4) is 0 Å². The van der Waals surface area contributed by atoms with Crippen LogP contribution < -0.4 is 10.6 Å². The Morgan fingerprint density at radius 2 is 2.18 bits per heavy atom. The monoisotopic (exact) mass is 299 g/mol. The fraction of sp³-hybridized carbons (Fsp3) is 0.438. The third kappa shape index (κ3) is 3.92. The number of anilines is 2. The minimum atomic E-state index is 0.276. The van der Waals surface area contributed by atoms with Crippen molar-refractivity contribution in [1.29, 1.82) is 0 Å². The van der Waals surface area contributed by atoms with Gasteiger partial charge < -0.3 is 15.4 Å². The number of ether oxygens (including phenoxy) is 1. The average Bonchev–Trinajstić information content (AvgIpc) is 3.06. The van der Waals surface area contributed by atoms with Gasteiger partial charge in [-0.25, -0.2) is 0 Å². The summed E-state index contributed by atoms with van der Waals surface area (Å²) in [5.41, 5.74) is 2.47. The molecule has 0 aliphatic carbocycles. The molecule has 0 amide bonds. The first-order chi connectivity index (χ1) is 10.8. The van der Waals surface area contributed by atoms with Gasteiger partial charge in [0, 0.05) is 19.7 Å². The Bertz CT molecular complexity index is 613. The van der Waals surface area contributed by atoms with Crippen molar-refractivity contribution in [3.05, 3.63) is 41.6 Å². The fourth-order valence-corrected chi connectivity index (χ4v) is 2.47. The average molecular weight is 299 g/mol. The van der Waals surface area contributed by atoms with E-state index in [4.69, 9.17) is 4.74 Å². The predicted molar refractivity (Wildman–Crippen MR) is 85.8 cm³/mol. The van der Waals surface area contributed by atoms with Gasteiger partial charge in [-0.05, 0) is 30.9 Å². The summed E-state index contributed by atoms with van der Waals surface area (Å²) in [5.74, 6) is 1.25. The number of hydrogen-bond donors (Lipinski definition) is 2. The van der Waals surface area contributed by atoms with E-state index in [1.165, 1.54) is 11.1 Å². The molecule has 1 aliphatic rings. The van der Waals surface area contributed by atoms with Gasteiger partial charge in [0.1, 0.15) is 0 Å². The van der Waals surface area contributed by atoms with E-state index in [0.29, 0.717) is 12.5 Å². The second kappa shape index (κ2) is 7.17. The van der Waals surface area contributed by atoms with Gasteiger partial charge in [0.2, 0.25) is 5.95 Å². The summed E-state index contributed by atoms with van der Waals surface area (Å²) in [7, 11) is 0. The van der Waals surface area contributed by atoms with Crippen molar-refractivity contribution in [2.45, 2.75) is 32.4 Å². The smallest absolute Gasteiger partial charge is 0.244 e. The van der Waals surface area contributed by atoms with E-state index in [9.17, 15) is 0 Å². The topological polar surface area (TPSA) is 72.0 Å². The number of rotatable bonds is 6. The predicted octanol–water partition coefficient (Wildman–Crippen LogP) is 2.38. The summed E-state index contributed by atoms with van der Waals surface area (Å²) in [5, 5.41) is 14.5. The van der Waals surface area contributed by atoms with Crippen molar-refractivity contribution < 1.29 is 4.74 Å². The zero-order valence-corrected chi connectivity index (χ0v) is 12.7. The summed E-state index contributed by atoms with van der Waals surface area (Å²) >= 11 is 0. The Morgan fingerprint density at radius 1 is 1.27 bits per heavy atom. The van der Waals surface area contributed by atoms with E-state index in [1.54, 1.807) is 6.20 Å². The molecule has 1 fully saturated rings. The third-order valence-electron chi connectivity index (χ3n) is 3.79. The van der Waals surface area contributed by atoms with Crippen LogP contribution in [0.15, 0.2) is 30.5 Å². The number of aryl methyl sites for hydroxylation is 1. The summed E-state index contributed by atoms with van der Waals surface area (Å²) in [6, 6.07) is 8.25. The number of hydrogen-bond acceptors (Lipinski definition) is 6. The van der Waals surface area contributed by atoms with Gasteiger partial charge in [0.25, 0.3) is 0 Å². The van der Waals surface area contributed by atoms with Gasteiger partial charge in [-0.3, -0.25) is 0 Å². The zero-order chi connectivity index (χ0) is 15.2. The highest BCUT2D eigenvalue weighted by Crippen LogP contribution is 2.13. The van der Waals surface area contributed by atoms with Gasteiger partial charge in [-0.15, -0.1) is 5.10 Å². The van der Waals surface area contributed by atoms with Crippen molar-refractivity contribution in [3.8, 4) is 0 Å². The first kappa shape index (κ1) is 14.7. The van der Waals surface area contributed by atoms with E-state index < -0.39 is 0 Å². The summed E-state index contributed by atoms with van der Waals surface area (Å²) in [6.45, 7) is 4.40. The van der Waals surface area contributed by atoms with Crippen molar-refractivity contribution in [1.82, 2.24) is 15.2 Å². The first-order valence-electron chi connectivity index (χ1n) is 7.65. The molecule has 0 spiro atoms. The number of nitrogens with one attached hydrogen (secondary N) is 2. The van der Waals surface area contributed by atoms with Crippen LogP contribution in [0.4, 0.5) is 11.8 Å². The fourth-order valence-electron chi connectivity index (χ4n) is 2.47. The highest BCUT2D eigenvalue weighted by atomic mass is 16.5. The zero-order valence-electron chi connectivity index (χ0n) is 12.7. The lowest BCUT2D eigenvalue weighted by Gasteiger charge is -2.12. The summed E-state index contributed by atoms with van der Waals surface area (Å²) in [6.07, 6.45) is 4.15. The Hall–Kier alpha value is -2.21. The van der Waals surface area contributed by atoms with Crippen LogP contribution in [0.5, 0.6) is 0 Å². The van der Waals surface area contributed by atoms with Crippen molar-refractivity contribution >= 4 is 11.8 Å². The molecular formula is C16H21N5O. The molecule has 116 valence electrons. The summed E-state index contributed by atoms with van der Waals surface area (Å²) in [4.78, 5) is 4.43. The van der Waals surface area contributed by atoms with Gasteiger partial charge >= 0.3 is 0 Å². The number of nitrogens with zero attached hydrogens (tertiary/aromatic N) is 3. The van der Waals surface area contributed by atoms with Crippen molar-refractivity contribution in [2.24, 2.45) is 0 Å². The minimum absolute atomic E-state index is 0.276. The molecule has 0 bridgehead atoms. The lowest BCUT2D eigenvalue weighted by molar-refractivity contribution is 0.120. The molecule has 6 nitrogen and oxygen atoms in total. The van der Waals surface area contributed by atoms with E-state index >= 15 is 0 Å². The second-order valence-corrected chi connectivity index (χ2v) is 5.46. The molecule has 0 radical (unpaired) electrons. The summed E-state index contributed by atoms with van der Waals surface area (Å²) < 4.78 is 5.58. The van der Waals surface area contributed by atoms with Crippen LogP contribution in [0.1, 0.15) is 24.0 Å². The molecule has 22 heavy (non-hydrogen) atoms. The molecule has 1 aliphatic heterocycles. The molecule has 2 aromatic rings. The van der Waals surface area contributed by atoms with Gasteiger partial charge in [-0.2, -0.15) is 10.1 Å². The first-order valence-corrected chi connectivity index (χ1v) is 7.65. The molecule has 3 rings (SSSR count). The van der Waals surface area contributed by atoms with E-state index in [2.05, 4.69) is 44.9 Å². The Balaban J connectivity index is 1.55. The maximum Gasteiger partial charge on any atom is 0.244 e. The van der Waals surface area contributed by atoms with Crippen LogP contribution in [0.2, 0.25) is 0 Å². The lowest BCUT2D eigenvalue weighted by Crippen LogP contribution is -2.19. The second-order valence-electron chi connectivity index (χ2n) is 5.46. The van der Waals surface area contributed by atoms with Gasteiger partial charge in [-0.1, -0.05) is 24.3 Å². The third-order valence-corrected chi connectivity index (χ3v) is 3.79. The maximum absolute atomic E-state index is 5.58. The van der Waals surface area contributed by atoms with Gasteiger partial charge in [0.15, 0.2) is 5.82 Å². The molecule has 2 N–H and O–H groups in total. The number of benzene rings is 1. The normalized spacial score (nSPS) is 17.4. The quantitative estimate of drug-likeness (QED) is 0.853. The maximum atomic E-state index is 5.58. The number of aromatic nitrogens is 3. The minimum Gasteiger partial charge on any atom is -0.376 e. The molecule has 1 saturated heterocycles. The Labute approximate surface area is 130 Å². The van der Waals surface area contributed by atoms with Crippen LogP contribution in [0, 0.1) is 6.92 Å². The highest BCUT2D eigenvalue weighted by Gasteiger charge is 2.15. The molecule has 1 aromatic carbocycles. The van der Waals surface area contributed by atoms with Crippen LogP contribution in [-0.2, 0) is 11.3 Å². The molecule has 1 aromatic heterocycles. The van der Waals surface area contributed by atoms with Crippen LogP contribution in [-0.4, -0.2) is 34.4 Å². The largest absolute Gasteiger partial charge is 0.376 e. The molecule has 2 heterocycles. The van der Waals surface area contributed by atoms with Crippen molar-refractivity contribution in [3.63, 3.8) is 0 Å². The van der Waals surface area contributed by atoms with E-state index in [0.717, 1.165) is 31.8 Å². The molecular weight excluding hydrogens is 278 g/mol. The molecule has 1 atom stereocenters. The van der Waals surface area contributed by atoms with Crippen LogP contribution in [0.25, 0.3) is 0 Å². The SMILES string of the molecule is Cc1ccccc1CNc1nncc(NCC2CCCO2)n1. The highest BCUT2D eigenvalue weighted by molar-refractivity contribution is 5.38. The standard InChI is InChI=1S/C16H21N5O/c1-12-5-2-3-6-13(12)9-18-16-20-15(11-19-21-16)17-10-14-7-4-8-22-14/h2-3,5-6,11,14H,4,7-10H2,1H3,(H2,17,18,20,21). The van der Waals surface area contributed by atoms with Crippen LogP contribution >= 0.6 is 0 Å². The van der Waals surface area contributed by atoms with E-state index in [-0.39, 0.29) is 6.10 Å². The molecule has 0 saturated carbocycles. The lowest BCUT2D eigenvalue weighted by atomic mass is 10.1. The van der Waals surface area contributed by atoms with Gasteiger partial charge in [0.05, 0.1) is 12.3 Å². The van der Waals surface area contributed by atoms with E-state index in [1.807, 2.05) is 12.1 Å². The Morgan fingerprint density at radius 3 is 3.00 bits per heavy atom. The Kier molecular flexibility index (Phi) is 4.80. The van der Waals surface area contributed by atoms with Crippen molar-refractivity contribution in [2.75, 3.05) is 23.8 Å².